The van der Waals surface area contributed by atoms with Crippen LogP contribution in [-0.2, 0) is 6.54 Å². The van der Waals surface area contributed by atoms with Crippen molar-refractivity contribution in [3.05, 3.63) is 23.3 Å². The summed E-state index contributed by atoms with van der Waals surface area (Å²) in [6.45, 7) is 4.74. The Kier molecular flexibility index (Phi) is 2.54. The molecule has 0 saturated carbocycles. The first-order valence-electron chi connectivity index (χ1n) is 3.67. The fourth-order valence-electron chi connectivity index (χ4n) is 0.924. The van der Waals surface area contributed by atoms with Crippen molar-refractivity contribution in [2.45, 2.75) is 20.4 Å². The van der Waals surface area contributed by atoms with Crippen molar-refractivity contribution in [1.29, 1.82) is 0 Å². The Bertz CT molecular complexity index is 245. The van der Waals surface area contributed by atoms with Crippen molar-refractivity contribution in [3.63, 3.8) is 0 Å². The first-order chi connectivity index (χ1) is 5.24. The summed E-state index contributed by atoms with van der Waals surface area (Å²) in [5, 5.41) is 3.06. The predicted octanol–water partition coefficient (Wildman–Crippen LogP) is 0.813. The van der Waals surface area contributed by atoms with E-state index < -0.39 is 0 Å². The van der Waals surface area contributed by atoms with Gasteiger partial charge in [0.05, 0.1) is 5.69 Å². The average molecular weight is 151 g/mol. The van der Waals surface area contributed by atoms with Crippen LogP contribution in [-0.4, -0.2) is 17.0 Å². The minimum Gasteiger partial charge on any atom is -0.314 e. The number of aryl methyl sites for hydroxylation is 2. The highest BCUT2D eigenvalue weighted by Gasteiger charge is 1.98. The predicted molar refractivity (Wildman–Crippen MR) is 44.3 cm³/mol. The quantitative estimate of drug-likeness (QED) is 0.679. The van der Waals surface area contributed by atoms with Crippen molar-refractivity contribution in [1.82, 2.24) is 15.3 Å². The molecule has 0 spiro atoms. The summed E-state index contributed by atoms with van der Waals surface area (Å²) >= 11 is 0. The molecular weight excluding hydrogens is 138 g/mol. The van der Waals surface area contributed by atoms with Crippen LogP contribution >= 0.6 is 0 Å². The third-order valence-electron chi connectivity index (χ3n) is 1.54. The van der Waals surface area contributed by atoms with Crippen molar-refractivity contribution in [2.75, 3.05) is 7.05 Å². The summed E-state index contributed by atoms with van der Waals surface area (Å²) in [5.41, 5.74) is 2.23. The van der Waals surface area contributed by atoms with Crippen LogP contribution in [0.3, 0.4) is 0 Å². The fourth-order valence-corrected chi connectivity index (χ4v) is 0.924. The molecule has 60 valence electrons. The van der Waals surface area contributed by atoms with Gasteiger partial charge in [-0.05, 0) is 26.5 Å². The van der Waals surface area contributed by atoms with E-state index in [-0.39, 0.29) is 0 Å². The molecule has 1 rings (SSSR count). The van der Waals surface area contributed by atoms with Crippen LogP contribution in [0.4, 0.5) is 0 Å². The number of nitrogens with one attached hydrogen (secondary N) is 1. The zero-order valence-electron chi connectivity index (χ0n) is 7.18. The van der Waals surface area contributed by atoms with E-state index in [0.29, 0.717) is 0 Å². The lowest BCUT2D eigenvalue weighted by Crippen LogP contribution is -2.09. The van der Waals surface area contributed by atoms with Gasteiger partial charge in [-0.15, -0.1) is 0 Å². The molecule has 0 radical (unpaired) electrons. The maximum absolute atomic E-state index is 4.29. The molecule has 1 heterocycles. The standard InChI is InChI=1S/C8H13N3/c1-6-4-10-7(2)11-8(6)5-9-3/h4,9H,5H2,1-3H3. The van der Waals surface area contributed by atoms with Gasteiger partial charge in [-0.1, -0.05) is 0 Å². The van der Waals surface area contributed by atoms with Crippen molar-refractivity contribution < 1.29 is 0 Å². The van der Waals surface area contributed by atoms with E-state index in [1.807, 2.05) is 27.1 Å². The van der Waals surface area contributed by atoms with Crippen LogP contribution in [0.1, 0.15) is 17.1 Å². The summed E-state index contributed by atoms with van der Waals surface area (Å²) in [4.78, 5) is 8.37. The number of aromatic nitrogens is 2. The highest BCUT2D eigenvalue weighted by atomic mass is 14.9. The minimum atomic E-state index is 0.815. The molecule has 0 saturated heterocycles. The monoisotopic (exact) mass is 151 g/mol. The molecule has 1 N–H and O–H groups in total. The van der Waals surface area contributed by atoms with Gasteiger partial charge in [-0.2, -0.15) is 0 Å². The van der Waals surface area contributed by atoms with Gasteiger partial charge in [0.15, 0.2) is 0 Å². The largest absolute Gasteiger partial charge is 0.314 e. The van der Waals surface area contributed by atoms with Gasteiger partial charge in [0.2, 0.25) is 0 Å². The molecule has 0 unspecified atom stereocenters. The molecule has 1 aromatic rings. The third-order valence-corrected chi connectivity index (χ3v) is 1.54. The molecule has 3 heteroatoms. The van der Waals surface area contributed by atoms with Gasteiger partial charge < -0.3 is 5.32 Å². The van der Waals surface area contributed by atoms with Gasteiger partial charge in [-0.3, -0.25) is 0 Å². The molecule has 0 aliphatic heterocycles. The molecule has 0 bridgehead atoms. The topological polar surface area (TPSA) is 37.8 Å². The Labute approximate surface area is 66.9 Å². The lowest BCUT2D eigenvalue weighted by molar-refractivity contribution is 0.770. The summed E-state index contributed by atoms with van der Waals surface area (Å²) < 4.78 is 0. The maximum atomic E-state index is 4.29. The molecule has 0 aliphatic rings. The highest BCUT2D eigenvalue weighted by Crippen LogP contribution is 2.01. The smallest absolute Gasteiger partial charge is 0.125 e. The van der Waals surface area contributed by atoms with Gasteiger partial charge in [0.25, 0.3) is 0 Å². The van der Waals surface area contributed by atoms with Crippen LogP contribution in [0.15, 0.2) is 6.20 Å². The average Bonchev–Trinajstić information content (AvgIpc) is 1.98. The zero-order valence-corrected chi connectivity index (χ0v) is 7.18. The Morgan fingerprint density at radius 1 is 1.45 bits per heavy atom. The number of nitrogens with zero attached hydrogens (tertiary/aromatic N) is 2. The van der Waals surface area contributed by atoms with E-state index in [2.05, 4.69) is 15.3 Å². The molecule has 0 aromatic carbocycles. The van der Waals surface area contributed by atoms with Crippen molar-refractivity contribution >= 4 is 0 Å². The molecule has 0 amide bonds. The summed E-state index contributed by atoms with van der Waals surface area (Å²) in [7, 11) is 1.91. The second-order valence-electron chi connectivity index (χ2n) is 2.58. The summed E-state index contributed by atoms with van der Waals surface area (Å²) in [6.07, 6.45) is 1.86. The molecule has 3 nitrogen and oxygen atoms in total. The second kappa shape index (κ2) is 3.44. The molecule has 0 aliphatic carbocycles. The Morgan fingerprint density at radius 2 is 2.18 bits per heavy atom. The Hall–Kier alpha value is -0.960. The minimum absolute atomic E-state index is 0.815. The fraction of sp³-hybridized carbons (Fsp3) is 0.500. The summed E-state index contributed by atoms with van der Waals surface area (Å²) in [5.74, 6) is 0.834. The SMILES string of the molecule is CNCc1nc(C)ncc1C. The molecule has 1 aromatic heterocycles. The van der Waals surface area contributed by atoms with E-state index in [9.17, 15) is 0 Å². The van der Waals surface area contributed by atoms with Gasteiger partial charge >= 0.3 is 0 Å². The van der Waals surface area contributed by atoms with E-state index in [4.69, 9.17) is 0 Å². The number of hydrogen-bond donors (Lipinski definition) is 1. The lowest BCUT2D eigenvalue weighted by atomic mass is 10.2. The van der Waals surface area contributed by atoms with E-state index in [0.717, 1.165) is 23.6 Å². The van der Waals surface area contributed by atoms with Gasteiger partial charge in [0, 0.05) is 12.7 Å². The van der Waals surface area contributed by atoms with E-state index in [1.165, 1.54) is 0 Å². The Balaban J connectivity index is 2.93. The summed E-state index contributed by atoms with van der Waals surface area (Å²) in [6, 6.07) is 0. The van der Waals surface area contributed by atoms with Crippen molar-refractivity contribution in [3.8, 4) is 0 Å². The zero-order chi connectivity index (χ0) is 8.27. The van der Waals surface area contributed by atoms with Crippen LogP contribution in [0.5, 0.6) is 0 Å². The van der Waals surface area contributed by atoms with Gasteiger partial charge in [-0.25, -0.2) is 9.97 Å². The first kappa shape index (κ1) is 8.14. The molecule has 0 fully saturated rings. The maximum Gasteiger partial charge on any atom is 0.125 e. The van der Waals surface area contributed by atoms with Crippen molar-refractivity contribution in [2.24, 2.45) is 0 Å². The van der Waals surface area contributed by atoms with Crippen LogP contribution in [0.25, 0.3) is 0 Å². The highest BCUT2D eigenvalue weighted by molar-refractivity contribution is 5.14. The first-order valence-corrected chi connectivity index (χ1v) is 3.67. The van der Waals surface area contributed by atoms with E-state index in [1.54, 1.807) is 0 Å². The van der Waals surface area contributed by atoms with Crippen LogP contribution < -0.4 is 5.32 Å². The second-order valence-corrected chi connectivity index (χ2v) is 2.58. The lowest BCUT2D eigenvalue weighted by Gasteiger charge is -2.03. The van der Waals surface area contributed by atoms with E-state index >= 15 is 0 Å². The number of hydrogen-bond acceptors (Lipinski definition) is 3. The van der Waals surface area contributed by atoms with Crippen LogP contribution in [0, 0.1) is 13.8 Å². The molecular formula is C8H13N3. The van der Waals surface area contributed by atoms with Crippen LogP contribution in [0.2, 0.25) is 0 Å². The number of rotatable bonds is 2. The molecule has 11 heavy (non-hydrogen) atoms. The Morgan fingerprint density at radius 3 is 2.82 bits per heavy atom. The third kappa shape index (κ3) is 1.98. The van der Waals surface area contributed by atoms with Gasteiger partial charge in [0.1, 0.15) is 5.82 Å². The normalized spacial score (nSPS) is 10.1. The molecule has 0 atom stereocenters.